The standard InChI is InChI=1S/C31H60O6SSi2/c1-14-15-16-18-30(8,37-40(12,13)29(5,6)7)19-17-23-25-21-31(22-34-38(9,32)33)27(35-31)24(25)20-26(23)36-39(10,11)28(2,3)4/h17,19,23-27H,14-16,18,20-22H2,1-13H3/b19-17+/t23-,24-,25+,26+,27?,30?,31?/m0/s1. The van der Waals surface area contributed by atoms with Crippen LogP contribution in [0, 0.1) is 17.8 Å². The van der Waals surface area contributed by atoms with Gasteiger partial charge in [0.05, 0.1) is 30.7 Å². The topological polar surface area (TPSA) is 74.4 Å². The number of rotatable bonds is 13. The number of ether oxygens (including phenoxy) is 1. The van der Waals surface area contributed by atoms with E-state index < -0.39 is 32.4 Å². The molecule has 3 aliphatic rings. The monoisotopic (exact) mass is 616 g/mol. The van der Waals surface area contributed by atoms with Gasteiger partial charge in [0.2, 0.25) is 0 Å². The molecule has 0 aromatic rings. The molecule has 0 N–H and O–H groups in total. The Labute approximate surface area is 248 Å². The van der Waals surface area contributed by atoms with E-state index in [4.69, 9.17) is 17.8 Å². The van der Waals surface area contributed by atoms with E-state index in [-0.39, 0.29) is 40.4 Å². The second-order valence-electron chi connectivity index (χ2n) is 16.3. The Morgan fingerprint density at radius 2 is 1.55 bits per heavy atom. The van der Waals surface area contributed by atoms with Gasteiger partial charge in [-0.15, -0.1) is 0 Å². The van der Waals surface area contributed by atoms with Crippen molar-refractivity contribution in [2.45, 2.75) is 154 Å². The largest absolute Gasteiger partial charge is 0.413 e. The van der Waals surface area contributed by atoms with Gasteiger partial charge >= 0.3 is 0 Å². The lowest BCUT2D eigenvalue weighted by Gasteiger charge is -2.44. The molecular formula is C31H60O6SSi2. The van der Waals surface area contributed by atoms with Gasteiger partial charge in [-0.05, 0) is 74.3 Å². The Morgan fingerprint density at radius 3 is 2.08 bits per heavy atom. The van der Waals surface area contributed by atoms with Crippen LogP contribution in [0.15, 0.2) is 12.2 Å². The highest BCUT2D eigenvalue weighted by Crippen LogP contribution is 2.64. The van der Waals surface area contributed by atoms with Crippen LogP contribution >= 0.6 is 0 Å². The van der Waals surface area contributed by atoms with Crippen molar-refractivity contribution in [1.82, 2.24) is 0 Å². The molecule has 1 aliphatic heterocycles. The first-order valence-corrected chi connectivity index (χ1v) is 23.2. The molecule has 3 unspecified atom stereocenters. The molecule has 0 bridgehead atoms. The minimum Gasteiger partial charge on any atom is -0.413 e. The zero-order chi connectivity index (χ0) is 30.6. The summed E-state index contributed by atoms with van der Waals surface area (Å²) in [7, 11) is -7.50. The van der Waals surface area contributed by atoms with Crippen molar-refractivity contribution >= 4 is 26.8 Å². The second-order valence-corrected chi connectivity index (χ2v) is 27.4. The molecule has 0 aromatic heterocycles. The molecule has 3 rings (SSSR count). The average Bonchev–Trinajstić information content (AvgIpc) is 3.24. The van der Waals surface area contributed by atoms with Crippen molar-refractivity contribution in [3.63, 3.8) is 0 Å². The second kappa shape index (κ2) is 11.5. The smallest absolute Gasteiger partial charge is 0.264 e. The summed E-state index contributed by atoms with van der Waals surface area (Å²) in [6, 6.07) is 0. The van der Waals surface area contributed by atoms with Gasteiger partial charge in [0.25, 0.3) is 10.1 Å². The Kier molecular flexibility index (Phi) is 9.88. The maximum Gasteiger partial charge on any atom is 0.264 e. The van der Waals surface area contributed by atoms with E-state index in [1.807, 2.05) is 0 Å². The van der Waals surface area contributed by atoms with E-state index in [0.29, 0.717) is 11.8 Å². The fourth-order valence-electron chi connectivity index (χ4n) is 6.33. The van der Waals surface area contributed by atoms with Crippen LogP contribution in [0.4, 0.5) is 0 Å². The molecule has 7 atom stereocenters. The van der Waals surface area contributed by atoms with Crippen LogP contribution in [0.3, 0.4) is 0 Å². The number of unbranched alkanes of at least 4 members (excludes halogenated alkanes) is 2. The molecule has 2 aliphatic carbocycles. The van der Waals surface area contributed by atoms with Crippen molar-refractivity contribution in [2.24, 2.45) is 17.8 Å². The molecule has 1 saturated heterocycles. The predicted molar refractivity (Wildman–Crippen MR) is 170 cm³/mol. The minimum atomic E-state index is -3.51. The summed E-state index contributed by atoms with van der Waals surface area (Å²) < 4.78 is 49.2. The van der Waals surface area contributed by atoms with E-state index in [1.54, 1.807) is 0 Å². The highest BCUT2D eigenvalue weighted by atomic mass is 32.2. The third kappa shape index (κ3) is 7.72. The van der Waals surface area contributed by atoms with Gasteiger partial charge in [-0.25, -0.2) is 0 Å². The van der Waals surface area contributed by atoms with Gasteiger partial charge in [-0.1, -0.05) is 79.9 Å². The van der Waals surface area contributed by atoms with Gasteiger partial charge in [-0.3, -0.25) is 4.18 Å². The van der Waals surface area contributed by atoms with Gasteiger partial charge in [0.1, 0.15) is 5.60 Å². The Bertz CT molecular complexity index is 1030. The van der Waals surface area contributed by atoms with Crippen LogP contribution in [0.5, 0.6) is 0 Å². The van der Waals surface area contributed by atoms with E-state index in [2.05, 4.69) is 93.7 Å². The molecule has 3 fully saturated rings. The molecule has 1 heterocycles. The molecule has 9 heteroatoms. The van der Waals surface area contributed by atoms with Crippen LogP contribution in [-0.2, 0) is 27.9 Å². The van der Waals surface area contributed by atoms with Gasteiger partial charge in [-0.2, -0.15) is 8.42 Å². The molecule has 0 spiro atoms. The first kappa shape index (κ1) is 34.5. The van der Waals surface area contributed by atoms with Crippen LogP contribution < -0.4 is 0 Å². The highest BCUT2D eigenvalue weighted by Gasteiger charge is 2.71. The van der Waals surface area contributed by atoms with Crippen molar-refractivity contribution in [3.8, 4) is 0 Å². The maximum absolute atomic E-state index is 11.8. The zero-order valence-corrected chi connectivity index (χ0v) is 30.7. The summed E-state index contributed by atoms with van der Waals surface area (Å²) in [6.45, 7) is 27.9. The third-order valence-corrected chi connectivity index (χ3v) is 20.4. The van der Waals surface area contributed by atoms with E-state index in [9.17, 15) is 8.42 Å². The Morgan fingerprint density at radius 1 is 0.950 bits per heavy atom. The molecule has 2 saturated carbocycles. The third-order valence-electron chi connectivity index (χ3n) is 10.8. The fraction of sp³-hybridized carbons (Fsp3) is 0.935. The summed E-state index contributed by atoms with van der Waals surface area (Å²) >= 11 is 0. The lowest BCUT2D eigenvalue weighted by molar-refractivity contribution is 0.103. The van der Waals surface area contributed by atoms with Crippen LogP contribution in [0.25, 0.3) is 0 Å². The molecular weight excluding hydrogens is 557 g/mol. The highest BCUT2D eigenvalue weighted by molar-refractivity contribution is 7.85. The zero-order valence-electron chi connectivity index (χ0n) is 27.8. The molecule has 234 valence electrons. The molecule has 40 heavy (non-hydrogen) atoms. The van der Waals surface area contributed by atoms with Crippen molar-refractivity contribution in [2.75, 3.05) is 12.9 Å². The van der Waals surface area contributed by atoms with Crippen LogP contribution in [-0.4, -0.2) is 61.3 Å². The molecule has 6 nitrogen and oxygen atoms in total. The van der Waals surface area contributed by atoms with Crippen molar-refractivity contribution < 1.29 is 26.2 Å². The number of epoxide rings is 1. The quantitative estimate of drug-likeness (QED) is 0.0685. The Hall–Kier alpha value is -0.0362. The summed E-state index contributed by atoms with van der Waals surface area (Å²) in [5.74, 6) is 1.00. The fourth-order valence-corrected chi connectivity index (χ4v) is 9.75. The summed E-state index contributed by atoms with van der Waals surface area (Å²) in [5.41, 5.74) is -0.790. The van der Waals surface area contributed by atoms with Crippen molar-refractivity contribution in [3.05, 3.63) is 12.2 Å². The van der Waals surface area contributed by atoms with Crippen LogP contribution in [0.1, 0.15) is 93.9 Å². The van der Waals surface area contributed by atoms with Gasteiger partial charge in [0, 0.05) is 5.92 Å². The van der Waals surface area contributed by atoms with Crippen molar-refractivity contribution in [1.29, 1.82) is 0 Å². The Balaban J connectivity index is 1.91. The predicted octanol–water partition coefficient (Wildman–Crippen LogP) is 8.06. The molecule has 0 radical (unpaired) electrons. The molecule has 0 amide bonds. The van der Waals surface area contributed by atoms with Gasteiger partial charge < -0.3 is 13.6 Å². The van der Waals surface area contributed by atoms with E-state index in [1.165, 1.54) is 12.8 Å². The normalized spacial score (nSPS) is 32.8. The lowest BCUT2D eigenvalue weighted by Crippen LogP contribution is -2.48. The summed E-state index contributed by atoms with van der Waals surface area (Å²) in [5, 5.41) is 0.262. The van der Waals surface area contributed by atoms with Crippen LogP contribution in [0.2, 0.25) is 36.3 Å². The number of hydrogen-bond acceptors (Lipinski definition) is 6. The maximum atomic E-state index is 11.8. The average molecular weight is 617 g/mol. The van der Waals surface area contributed by atoms with Gasteiger partial charge in [0.15, 0.2) is 16.6 Å². The number of fused-ring (bicyclic) bond motifs is 3. The summed E-state index contributed by atoms with van der Waals surface area (Å²) in [4.78, 5) is 0. The minimum absolute atomic E-state index is 0.0579. The first-order valence-electron chi connectivity index (χ1n) is 15.6. The number of hydrogen-bond donors (Lipinski definition) is 0. The summed E-state index contributed by atoms with van der Waals surface area (Å²) in [6.07, 6.45) is 12.4. The lowest BCUT2D eigenvalue weighted by atomic mass is 9.87. The molecule has 0 aromatic carbocycles. The van der Waals surface area contributed by atoms with E-state index >= 15 is 0 Å². The van der Waals surface area contributed by atoms with E-state index in [0.717, 1.165) is 31.9 Å². The SMILES string of the molecule is CCCCCC(C)(/C=C/[C@H]1[C@H]2CC3(COS(C)(=O)=O)OC3[C@H]2C[C@H]1O[Si](C)(C)C(C)(C)C)O[Si](C)(C)C(C)(C)C. The first-order chi connectivity index (χ1) is 18.0.